The summed E-state index contributed by atoms with van der Waals surface area (Å²) in [5.41, 5.74) is 6.83. The summed E-state index contributed by atoms with van der Waals surface area (Å²) >= 11 is 0. The van der Waals surface area contributed by atoms with Gasteiger partial charge < -0.3 is 4.74 Å². The van der Waals surface area contributed by atoms with E-state index in [0.717, 1.165) is 23.6 Å². The van der Waals surface area contributed by atoms with Crippen molar-refractivity contribution in [2.75, 3.05) is 0 Å². The lowest BCUT2D eigenvalue weighted by molar-refractivity contribution is 0.231. The van der Waals surface area contributed by atoms with Gasteiger partial charge in [-0.3, -0.25) is 0 Å². The summed E-state index contributed by atoms with van der Waals surface area (Å²) in [5, 5.41) is 0. The highest BCUT2D eigenvalue weighted by Crippen LogP contribution is 2.42. The number of fused-ring (bicyclic) bond motifs is 1. The molecular weight excluding hydrogens is 330 g/mol. The molecule has 0 bridgehead atoms. The van der Waals surface area contributed by atoms with E-state index in [2.05, 4.69) is 66.7 Å². The molecule has 0 amide bonds. The molecule has 0 N–H and O–H groups in total. The fourth-order valence-corrected chi connectivity index (χ4v) is 3.69. The number of nitrogens with zero attached hydrogens (tertiary/aromatic N) is 1. The second-order valence-electron chi connectivity index (χ2n) is 6.79. The zero-order valence-electron chi connectivity index (χ0n) is 14.9. The first-order valence-corrected chi connectivity index (χ1v) is 9.25. The van der Waals surface area contributed by atoms with Gasteiger partial charge in [0.25, 0.3) is 0 Å². The number of pyridine rings is 1. The molecule has 2 heteroatoms. The summed E-state index contributed by atoms with van der Waals surface area (Å²) in [7, 11) is 0. The molecule has 0 aliphatic carbocycles. The van der Waals surface area contributed by atoms with Crippen LogP contribution >= 0.6 is 0 Å². The van der Waals surface area contributed by atoms with Gasteiger partial charge in [-0.25, -0.2) is 4.98 Å². The van der Waals surface area contributed by atoms with Crippen LogP contribution in [0.4, 0.5) is 0 Å². The molecule has 1 atom stereocenters. The minimum absolute atomic E-state index is 0.0159. The summed E-state index contributed by atoms with van der Waals surface area (Å²) < 4.78 is 6.31. The lowest BCUT2D eigenvalue weighted by Crippen LogP contribution is -2.02. The predicted octanol–water partition coefficient (Wildman–Crippen LogP) is 6.09. The Morgan fingerprint density at radius 2 is 1.30 bits per heavy atom. The highest BCUT2D eigenvalue weighted by atomic mass is 16.5. The van der Waals surface area contributed by atoms with Crippen LogP contribution in [0.15, 0.2) is 97.1 Å². The summed E-state index contributed by atoms with van der Waals surface area (Å²) in [6, 6.07) is 33.4. The van der Waals surface area contributed by atoms with Gasteiger partial charge in [-0.2, -0.15) is 0 Å². The van der Waals surface area contributed by atoms with Crippen LogP contribution in [0.1, 0.15) is 17.2 Å². The van der Waals surface area contributed by atoms with Gasteiger partial charge in [-0.05, 0) is 22.8 Å². The Morgan fingerprint density at radius 3 is 1.96 bits per heavy atom. The van der Waals surface area contributed by atoms with Gasteiger partial charge in [0.1, 0.15) is 6.10 Å². The Kier molecular flexibility index (Phi) is 3.95. The molecule has 0 fully saturated rings. The molecule has 2 nitrogen and oxygen atoms in total. The second-order valence-corrected chi connectivity index (χ2v) is 6.79. The smallest absolute Gasteiger partial charge is 0.218 e. The van der Waals surface area contributed by atoms with Crippen molar-refractivity contribution in [3.05, 3.63) is 108 Å². The Morgan fingerprint density at radius 1 is 0.704 bits per heavy atom. The van der Waals surface area contributed by atoms with Crippen LogP contribution in [-0.2, 0) is 6.42 Å². The molecular formula is C25H19NO. The number of hydrogen-bond acceptors (Lipinski definition) is 2. The molecule has 0 saturated heterocycles. The maximum Gasteiger partial charge on any atom is 0.218 e. The van der Waals surface area contributed by atoms with Crippen LogP contribution in [0.25, 0.3) is 22.4 Å². The van der Waals surface area contributed by atoms with Crippen LogP contribution in [-0.4, -0.2) is 4.98 Å². The molecule has 27 heavy (non-hydrogen) atoms. The average Bonchev–Trinajstić information content (AvgIpc) is 3.19. The van der Waals surface area contributed by atoms with E-state index in [1.165, 1.54) is 22.3 Å². The number of hydrogen-bond donors (Lipinski definition) is 0. The maximum absolute atomic E-state index is 6.31. The first-order chi connectivity index (χ1) is 13.4. The Bertz CT molecular complexity index is 1060. The van der Waals surface area contributed by atoms with Crippen LogP contribution in [0.2, 0.25) is 0 Å². The molecule has 1 aromatic heterocycles. The lowest BCUT2D eigenvalue weighted by Gasteiger charge is -2.11. The third-order valence-electron chi connectivity index (χ3n) is 5.06. The molecule has 130 valence electrons. The van der Waals surface area contributed by atoms with E-state index >= 15 is 0 Å². The van der Waals surface area contributed by atoms with Crippen molar-refractivity contribution in [1.82, 2.24) is 4.98 Å². The summed E-state index contributed by atoms with van der Waals surface area (Å²) in [5.74, 6) is 0.754. The van der Waals surface area contributed by atoms with Gasteiger partial charge in [0.2, 0.25) is 5.88 Å². The van der Waals surface area contributed by atoms with E-state index in [1.54, 1.807) is 0 Å². The molecule has 0 saturated carbocycles. The number of ether oxygens (including phenoxy) is 1. The molecule has 1 aliphatic rings. The molecule has 5 rings (SSSR count). The molecule has 2 heterocycles. The number of benzene rings is 3. The Balaban J connectivity index is 1.64. The topological polar surface area (TPSA) is 22.1 Å². The Hall–Kier alpha value is -3.39. The number of aromatic nitrogens is 1. The summed E-state index contributed by atoms with van der Waals surface area (Å²) in [6.45, 7) is 0. The fourth-order valence-electron chi connectivity index (χ4n) is 3.69. The normalized spacial score (nSPS) is 15.2. The molecule has 0 radical (unpaired) electrons. The first-order valence-electron chi connectivity index (χ1n) is 9.25. The van der Waals surface area contributed by atoms with Gasteiger partial charge >= 0.3 is 0 Å². The highest BCUT2D eigenvalue weighted by Gasteiger charge is 2.29. The third kappa shape index (κ3) is 3.00. The van der Waals surface area contributed by atoms with Crippen molar-refractivity contribution in [2.45, 2.75) is 12.5 Å². The quantitative estimate of drug-likeness (QED) is 0.446. The van der Waals surface area contributed by atoms with Gasteiger partial charge in [0.05, 0.1) is 5.69 Å². The predicted molar refractivity (Wildman–Crippen MR) is 109 cm³/mol. The van der Waals surface area contributed by atoms with Crippen molar-refractivity contribution in [2.24, 2.45) is 0 Å². The molecule has 1 aliphatic heterocycles. The fraction of sp³-hybridized carbons (Fsp3) is 0.0800. The highest BCUT2D eigenvalue weighted by molar-refractivity contribution is 5.76. The van der Waals surface area contributed by atoms with Gasteiger partial charge in [0, 0.05) is 17.5 Å². The third-order valence-corrected chi connectivity index (χ3v) is 5.06. The maximum atomic E-state index is 6.31. The zero-order chi connectivity index (χ0) is 18.1. The monoisotopic (exact) mass is 349 g/mol. The van der Waals surface area contributed by atoms with Crippen LogP contribution in [0.5, 0.6) is 5.88 Å². The standard InChI is InChI=1S/C25H19NO/c1-4-10-18(11-5-1)21-16-23(19-12-6-2-7-13-19)26-25-22(21)17-24(27-25)20-14-8-3-9-15-20/h1-16,24H,17H2. The van der Waals surface area contributed by atoms with E-state index in [4.69, 9.17) is 9.72 Å². The van der Waals surface area contributed by atoms with Crippen molar-refractivity contribution in [1.29, 1.82) is 0 Å². The molecule has 1 unspecified atom stereocenters. The van der Waals surface area contributed by atoms with Crippen LogP contribution in [0, 0.1) is 0 Å². The van der Waals surface area contributed by atoms with Gasteiger partial charge in [-0.15, -0.1) is 0 Å². The number of rotatable bonds is 3. The van der Waals surface area contributed by atoms with Crippen molar-refractivity contribution < 1.29 is 4.74 Å². The summed E-state index contributed by atoms with van der Waals surface area (Å²) in [4.78, 5) is 4.86. The molecule has 3 aromatic carbocycles. The Labute approximate surface area is 159 Å². The average molecular weight is 349 g/mol. The van der Waals surface area contributed by atoms with E-state index in [-0.39, 0.29) is 6.10 Å². The lowest BCUT2D eigenvalue weighted by atomic mass is 9.95. The van der Waals surface area contributed by atoms with Crippen molar-refractivity contribution in [3.63, 3.8) is 0 Å². The second kappa shape index (κ2) is 6.73. The first kappa shape index (κ1) is 15.8. The van der Waals surface area contributed by atoms with E-state index in [1.807, 2.05) is 30.3 Å². The SMILES string of the molecule is c1ccc(-c2cc(-c3ccccc3)c3c(n2)OC(c2ccccc2)C3)cc1. The van der Waals surface area contributed by atoms with Crippen molar-refractivity contribution >= 4 is 0 Å². The van der Waals surface area contributed by atoms with E-state index in [9.17, 15) is 0 Å². The van der Waals surface area contributed by atoms with Crippen LogP contribution < -0.4 is 4.74 Å². The van der Waals surface area contributed by atoms with Gasteiger partial charge in [-0.1, -0.05) is 91.0 Å². The molecule has 4 aromatic rings. The van der Waals surface area contributed by atoms with Crippen molar-refractivity contribution in [3.8, 4) is 28.3 Å². The minimum atomic E-state index is 0.0159. The van der Waals surface area contributed by atoms with E-state index in [0.29, 0.717) is 0 Å². The van der Waals surface area contributed by atoms with Gasteiger partial charge in [0.15, 0.2) is 0 Å². The zero-order valence-corrected chi connectivity index (χ0v) is 14.9. The minimum Gasteiger partial charge on any atom is -0.469 e. The van der Waals surface area contributed by atoms with E-state index < -0.39 is 0 Å². The molecule has 0 spiro atoms. The largest absolute Gasteiger partial charge is 0.469 e. The summed E-state index contributed by atoms with van der Waals surface area (Å²) in [6.07, 6.45) is 0.855. The van der Waals surface area contributed by atoms with Crippen LogP contribution in [0.3, 0.4) is 0 Å².